The molecule has 1 aliphatic rings. The van der Waals surface area contributed by atoms with Crippen molar-refractivity contribution in [2.24, 2.45) is 0 Å². The van der Waals surface area contributed by atoms with Crippen LogP contribution in [-0.4, -0.2) is 30.5 Å². The van der Waals surface area contributed by atoms with Crippen LogP contribution in [0, 0.1) is 0 Å². The van der Waals surface area contributed by atoms with Gasteiger partial charge in [0.1, 0.15) is 5.75 Å². The predicted molar refractivity (Wildman–Crippen MR) is 125 cm³/mol. The van der Waals surface area contributed by atoms with Crippen LogP contribution in [0.25, 0.3) is 0 Å². The van der Waals surface area contributed by atoms with Crippen LogP contribution < -0.4 is 20.7 Å². The molecular formula is C24H30ClN3O3. The molecule has 31 heavy (non-hydrogen) atoms. The van der Waals surface area contributed by atoms with E-state index in [1.54, 1.807) is 24.3 Å². The maximum Gasteiger partial charge on any atom is 0.253 e. The van der Waals surface area contributed by atoms with E-state index in [1.165, 1.54) is 6.42 Å². The van der Waals surface area contributed by atoms with Gasteiger partial charge in [0.25, 0.3) is 5.91 Å². The summed E-state index contributed by atoms with van der Waals surface area (Å²) in [5.41, 5.74) is 1.68. The highest BCUT2D eigenvalue weighted by atomic mass is 35.5. The van der Waals surface area contributed by atoms with Crippen molar-refractivity contribution in [3.8, 4) is 5.75 Å². The quantitative estimate of drug-likeness (QED) is 0.521. The van der Waals surface area contributed by atoms with Gasteiger partial charge in [-0.3, -0.25) is 9.59 Å². The van der Waals surface area contributed by atoms with E-state index >= 15 is 0 Å². The van der Waals surface area contributed by atoms with E-state index in [4.69, 9.17) is 16.3 Å². The number of para-hydroxylation sites is 2. The Labute approximate surface area is 188 Å². The minimum absolute atomic E-state index is 0.00317. The minimum atomic E-state index is -0.219. The lowest BCUT2D eigenvalue weighted by atomic mass is 9.95. The van der Waals surface area contributed by atoms with Gasteiger partial charge in [-0.1, -0.05) is 43.0 Å². The smallest absolute Gasteiger partial charge is 0.253 e. The monoisotopic (exact) mass is 443 g/mol. The molecule has 0 aromatic heterocycles. The van der Waals surface area contributed by atoms with Crippen molar-refractivity contribution in [3.63, 3.8) is 0 Å². The van der Waals surface area contributed by atoms with Crippen molar-refractivity contribution in [2.75, 3.05) is 17.2 Å². The zero-order chi connectivity index (χ0) is 22.2. The van der Waals surface area contributed by atoms with Crippen molar-refractivity contribution >= 4 is 34.8 Å². The van der Waals surface area contributed by atoms with E-state index in [0.717, 1.165) is 25.7 Å². The first-order chi connectivity index (χ1) is 14.9. The van der Waals surface area contributed by atoms with Crippen molar-refractivity contribution in [2.45, 2.75) is 58.1 Å². The standard InChI is InChI=1S/C24H30ClN3O3/c1-16(2)31-22-11-7-6-10-21(22)28-23(29)15-26-18-12-13-20(25)19(14-18)24(30)27-17-8-4-3-5-9-17/h6-7,10-14,16-17,26H,3-5,8-9,15H2,1-2H3,(H,27,30)(H,28,29). The highest BCUT2D eigenvalue weighted by Gasteiger charge is 2.19. The third-order valence-corrected chi connectivity index (χ3v) is 5.46. The summed E-state index contributed by atoms with van der Waals surface area (Å²) in [4.78, 5) is 25.1. The maximum absolute atomic E-state index is 12.7. The maximum atomic E-state index is 12.7. The van der Waals surface area contributed by atoms with E-state index in [0.29, 0.717) is 27.7 Å². The Hall–Kier alpha value is -2.73. The van der Waals surface area contributed by atoms with Gasteiger partial charge in [0.2, 0.25) is 5.91 Å². The molecule has 1 aliphatic carbocycles. The second-order valence-electron chi connectivity index (χ2n) is 8.07. The number of rotatable bonds is 8. The summed E-state index contributed by atoms with van der Waals surface area (Å²) in [6.45, 7) is 3.91. The Morgan fingerprint density at radius 1 is 1.10 bits per heavy atom. The van der Waals surface area contributed by atoms with Crippen LogP contribution in [0.15, 0.2) is 42.5 Å². The number of ether oxygens (including phenoxy) is 1. The van der Waals surface area contributed by atoms with Crippen molar-refractivity contribution < 1.29 is 14.3 Å². The Morgan fingerprint density at radius 2 is 1.84 bits per heavy atom. The molecule has 0 aliphatic heterocycles. The molecule has 0 unspecified atom stereocenters. The third-order valence-electron chi connectivity index (χ3n) is 5.13. The molecule has 7 heteroatoms. The second-order valence-corrected chi connectivity index (χ2v) is 8.47. The van der Waals surface area contributed by atoms with Gasteiger partial charge in [0.15, 0.2) is 0 Å². The number of anilines is 2. The fraction of sp³-hybridized carbons (Fsp3) is 0.417. The molecule has 0 saturated heterocycles. The van der Waals surface area contributed by atoms with Gasteiger partial charge in [-0.25, -0.2) is 0 Å². The van der Waals surface area contributed by atoms with Crippen LogP contribution in [0.2, 0.25) is 5.02 Å². The van der Waals surface area contributed by atoms with Crippen molar-refractivity contribution in [3.05, 3.63) is 53.1 Å². The van der Waals surface area contributed by atoms with E-state index in [2.05, 4.69) is 16.0 Å². The highest BCUT2D eigenvalue weighted by molar-refractivity contribution is 6.34. The number of carbonyl (C=O) groups is 2. The third kappa shape index (κ3) is 6.89. The number of halogens is 1. The molecule has 0 radical (unpaired) electrons. The molecule has 6 nitrogen and oxygen atoms in total. The number of hydrogen-bond acceptors (Lipinski definition) is 4. The SMILES string of the molecule is CC(C)Oc1ccccc1NC(=O)CNc1ccc(Cl)c(C(=O)NC2CCCCC2)c1. The summed E-state index contributed by atoms with van der Waals surface area (Å²) >= 11 is 6.26. The number of amides is 2. The molecule has 2 aromatic rings. The minimum Gasteiger partial charge on any atom is -0.489 e. The zero-order valence-electron chi connectivity index (χ0n) is 18.0. The molecule has 0 heterocycles. The zero-order valence-corrected chi connectivity index (χ0v) is 18.8. The van der Waals surface area contributed by atoms with Crippen LogP contribution in [0.4, 0.5) is 11.4 Å². The van der Waals surface area contributed by atoms with Crippen LogP contribution >= 0.6 is 11.6 Å². The van der Waals surface area contributed by atoms with Crippen LogP contribution in [-0.2, 0) is 4.79 Å². The number of nitrogens with one attached hydrogen (secondary N) is 3. The van der Waals surface area contributed by atoms with E-state index in [9.17, 15) is 9.59 Å². The van der Waals surface area contributed by atoms with Crippen LogP contribution in [0.3, 0.4) is 0 Å². The van der Waals surface area contributed by atoms with E-state index in [1.807, 2.05) is 32.0 Å². The average Bonchev–Trinajstić information content (AvgIpc) is 2.75. The molecule has 3 N–H and O–H groups in total. The fourth-order valence-corrected chi connectivity index (χ4v) is 3.83. The fourth-order valence-electron chi connectivity index (χ4n) is 3.62. The Bertz CT molecular complexity index is 911. The molecular weight excluding hydrogens is 414 g/mol. The lowest BCUT2D eigenvalue weighted by Crippen LogP contribution is -2.36. The molecule has 166 valence electrons. The molecule has 0 bridgehead atoms. The van der Waals surface area contributed by atoms with Gasteiger partial charge in [-0.05, 0) is 57.0 Å². The summed E-state index contributed by atoms with van der Waals surface area (Å²) in [6, 6.07) is 12.6. The van der Waals surface area contributed by atoms with E-state index < -0.39 is 0 Å². The first-order valence-corrected chi connectivity index (χ1v) is 11.2. The summed E-state index contributed by atoms with van der Waals surface area (Å²) in [5.74, 6) is 0.228. The highest BCUT2D eigenvalue weighted by Crippen LogP contribution is 2.25. The average molecular weight is 444 g/mol. The molecule has 1 saturated carbocycles. The molecule has 2 aromatic carbocycles. The lowest BCUT2D eigenvalue weighted by Gasteiger charge is -2.23. The summed E-state index contributed by atoms with van der Waals surface area (Å²) < 4.78 is 5.73. The van der Waals surface area contributed by atoms with E-state index in [-0.39, 0.29) is 30.5 Å². The predicted octanol–water partition coefficient (Wildman–Crippen LogP) is 5.24. The normalized spacial score (nSPS) is 14.2. The van der Waals surface area contributed by atoms with Gasteiger partial charge in [-0.15, -0.1) is 0 Å². The van der Waals surface area contributed by atoms with Gasteiger partial charge in [0.05, 0.1) is 28.9 Å². The van der Waals surface area contributed by atoms with Gasteiger partial charge in [-0.2, -0.15) is 0 Å². The largest absolute Gasteiger partial charge is 0.489 e. The molecule has 0 atom stereocenters. The molecule has 2 amide bonds. The molecule has 0 spiro atoms. The van der Waals surface area contributed by atoms with Crippen molar-refractivity contribution in [1.82, 2.24) is 5.32 Å². The summed E-state index contributed by atoms with van der Waals surface area (Å²) in [5, 5.41) is 9.39. The first-order valence-electron chi connectivity index (χ1n) is 10.8. The Balaban J connectivity index is 1.58. The first kappa shape index (κ1) is 22.9. The molecule has 3 rings (SSSR count). The van der Waals surface area contributed by atoms with Gasteiger partial charge in [0, 0.05) is 11.7 Å². The van der Waals surface area contributed by atoms with Gasteiger partial charge < -0.3 is 20.7 Å². The summed E-state index contributed by atoms with van der Waals surface area (Å²) in [7, 11) is 0. The van der Waals surface area contributed by atoms with Crippen LogP contribution in [0.1, 0.15) is 56.3 Å². The lowest BCUT2D eigenvalue weighted by molar-refractivity contribution is -0.114. The number of benzene rings is 2. The Morgan fingerprint density at radius 3 is 2.58 bits per heavy atom. The van der Waals surface area contributed by atoms with Crippen molar-refractivity contribution in [1.29, 1.82) is 0 Å². The second kappa shape index (κ2) is 11.0. The topological polar surface area (TPSA) is 79.5 Å². The Kier molecular flexibility index (Phi) is 8.18. The number of hydrogen-bond donors (Lipinski definition) is 3. The molecule has 1 fully saturated rings. The van der Waals surface area contributed by atoms with Gasteiger partial charge >= 0.3 is 0 Å². The van der Waals surface area contributed by atoms with Crippen LogP contribution in [0.5, 0.6) is 5.75 Å². The summed E-state index contributed by atoms with van der Waals surface area (Å²) in [6.07, 6.45) is 5.51. The number of carbonyl (C=O) groups excluding carboxylic acids is 2.